The largest absolute Gasteiger partial charge is 0.455 e. The number of alkyl halides is 3. The predicted octanol–water partition coefficient (Wildman–Crippen LogP) is 6.04. The minimum atomic E-state index is -4.73. The highest BCUT2D eigenvalue weighted by molar-refractivity contribution is 14.1. The maximum absolute atomic E-state index is 14.5. The number of anilines is 2. The molecule has 200 valence electrons. The van der Waals surface area contributed by atoms with Crippen LogP contribution in [0.4, 0.5) is 33.9 Å². The van der Waals surface area contributed by atoms with Crippen LogP contribution in [0.15, 0.2) is 35.1 Å². The highest BCUT2D eigenvalue weighted by Gasteiger charge is 2.39. The third-order valence-electron chi connectivity index (χ3n) is 6.20. The number of nitrogens with zero attached hydrogens (tertiary/aromatic N) is 4. The summed E-state index contributed by atoms with van der Waals surface area (Å²) in [6.07, 6.45) is 1.20. The van der Waals surface area contributed by atoms with Gasteiger partial charge in [-0.3, -0.25) is 0 Å². The molecule has 0 bridgehead atoms. The van der Waals surface area contributed by atoms with Crippen molar-refractivity contribution in [1.29, 1.82) is 0 Å². The van der Waals surface area contributed by atoms with E-state index in [1.54, 1.807) is 12.4 Å². The van der Waals surface area contributed by atoms with E-state index in [0.717, 1.165) is 27.6 Å². The smallest absolute Gasteiger partial charge is 0.451 e. The Kier molecular flexibility index (Phi) is 7.15. The number of halogens is 5. The molecule has 1 atom stereocenters. The fourth-order valence-corrected chi connectivity index (χ4v) is 4.90. The van der Waals surface area contributed by atoms with Crippen LogP contribution < -0.4 is 10.6 Å². The summed E-state index contributed by atoms with van der Waals surface area (Å²) in [4.78, 5) is 30.1. The van der Waals surface area contributed by atoms with Gasteiger partial charge in [0.1, 0.15) is 11.4 Å². The molecule has 0 aromatic carbocycles. The lowest BCUT2D eigenvalue weighted by Gasteiger charge is -2.33. The number of fused-ring (bicyclic) bond motifs is 1. The van der Waals surface area contributed by atoms with Crippen LogP contribution in [0.2, 0.25) is 0 Å². The van der Waals surface area contributed by atoms with Crippen molar-refractivity contribution in [3.63, 3.8) is 0 Å². The number of rotatable bonds is 5. The zero-order valence-corrected chi connectivity index (χ0v) is 22.2. The van der Waals surface area contributed by atoms with Crippen LogP contribution in [0.3, 0.4) is 0 Å². The monoisotopic (exact) mass is 643 g/mol. The van der Waals surface area contributed by atoms with E-state index in [0.29, 0.717) is 36.5 Å². The molecule has 0 spiro atoms. The molecule has 5 rings (SSSR count). The summed E-state index contributed by atoms with van der Waals surface area (Å²) in [6, 6.07) is 2.42. The molecular formula is C24H22F4IN7O2. The zero-order chi connectivity index (χ0) is 27.0. The number of pyridine rings is 1. The van der Waals surface area contributed by atoms with Gasteiger partial charge in [0.2, 0.25) is 5.76 Å². The molecule has 4 aromatic heterocycles. The number of H-pyrrole nitrogens is 1. The average molecular weight is 643 g/mol. The predicted molar refractivity (Wildman–Crippen MR) is 140 cm³/mol. The summed E-state index contributed by atoms with van der Waals surface area (Å²) in [7, 11) is 0. The second-order valence-electron chi connectivity index (χ2n) is 9.01. The van der Waals surface area contributed by atoms with Crippen molar-refractivity contribution in [2.45, 2.75) is 25.9 Å². The minimum absolute atomic E-state index is 0.0215. The summed E-state index contributed by atoms with van der Waals surface area (Å²) in [6.45, 7) is 2.35. The Balaban J connectivity index is 1.25. The van der Waals surface area contributed by atoms with Gasteiger partial charge in [-0.1, -0.05) is 0 Å². The third-order valence-corrected chi connectivity index (χ3v) is 6.79. The average Bonchev–Trinajstić information content (AvgIpc) is 3.46. The van der Waals surface area contributed by atoms with Gasteiger partial charge in [0.25, 0.3) is 0 Å². The Morgan fingerprint density at radius 3 is 2.89 bits per heavy atom. The van der Waals surface area contributed by atoms with Crippen molar-refractivity contribution in [2.24, 2.45) is 5.92 Å². The molecule has 1 unspecified atom stereocenters. The molecule has 1 aliphatic rings. The van der Waals surface area contributed by atoms with Crippen LogP contribution in [-0.2, 0) is 6.18 Å². The van der Waals surface area contributed by atoms with Crippen LogP contribution >= 0.6 is 22.6 Å². The number of carbonyl (C=O) groups excluding carboxylic acids is 1. The lowest BCUT2D eigenvalue weighted by molar-refractivity contribution is -0.152. The first-order chi connectivity index (χ1) is 18.1. The Morgan fingerprint density at radius 1 is 1.29 bits per heavy atom. The van der Waals surface area contributed by atoms with Gasteiger partial charge in [0.05, 0.1) is 11.9 Å². The van der Waals surface area contributed by atoms with E-state index in [1.807, 2.05) is 6.07 Å². The molecule has 1 saturated heterocycles. The number of hydrogen-bond donors (Lipinski definition) is 3. The number of amides is 2. The number of piperidine rings is 1. The summed E-state index contributed by atoms with van der Waals surface area (Å²) in [5.41, 5.74) is 0.927. The molecule has 5 heterocycles. The van der Waals surface area contributed by atoms with Crippen molar-refractivity contribution in [2.75, 3.05) is 30.3 Å². The molecule has 14 heteroatoms. The first kappa shape index (κ1) is 26.2. The summed E-state index contributed by atoms with van der Waals surface area (Å²) in [5.74, 6) is -1.55. The lowest BCUT2D eigenvalue weighted by atomic mass is 9.98. The van der Waals surface area contributed by atoms with Crippen LogP contribution in [0.25, 0.3) is 22.4 Å². The third kappa shape index (κ3) is 5.54. The first-order valence-corrected chi connectivity index (χ1v) is 12.8. The Hall–Kier alpha value is -3.43. The number of furan rings is 1. The summed E-state index contributed by atoms with van der Waals surface area (Å²) >= 11 is 2.15. The van der Waals surface area contributed by atoms with Gasteiger partial charge in [-0.05, 0) is 54.3 Å². The molecule has 4 aromatic rings. The highest BCUT2D eigenvalue weighted by Crippen LogP contribution is 2.37. The van der Waals surface area contributed by atoms with Crippen molar-refractivity contribution in [3.8, 4) is 11.4 Å². The van der Waals surface area contributed by atoms with Crippen molar-refractivity contribution >= 4 is 51.2 Å². The molecule has 2 amide bonds. The van der Waals surface area contributed by atoms with Gasteiger partial charge >= 0.3 is 12.2 Å². The molecule has 9 nitrogen and oxygen atoms in total. The molecular weight excluding hydrogens is 621 g/mol. The number of carbonyl (C=O) groups is 1. The van der Waals surface area contributed by atoms with Crippen LogP contribution in [-0.4, -0.2) is 50.5 Å². The van der Waals surface area contributed by atoms with Gasteiger partial charge in [-0.2, -0.15) is 13.2 Å². The summed E-state index contributed by atoms with van der Waals surface area (Å²) < 4.78 is 59.8. The number of aryl methyl sites for hydroxylation is 1. The second kappa shape index (κ2) is 10.4. The van der Waals surface area contributed by atoms with Crippen LogP contribution in [0.1, 0.15) is 24.4 Å². The number of nitrogens with one attached hydrogen (secondary N) is 3. The minimum Gasteiger partial charge on any atom is -0.455 e. The molecule has 0 aliphatic carbocycles. The van der Waals surface area contributed by atoms with E-state index in [2.05, 4.69) is 53.2 Å². The number of aromatic amines is 1. The number of aromatic nitrogens is 4. The molecule has 38 heavy (non-hydrogen) atoms. The van der Waals surface area contributed by atoms with Gasteiger partial charge in [0.15, 0.2) is 17.5 Å². The lowest BCUT2D eigenvalue weighted by Crippen LogP contribution is -2.44. The van der Waals surface area contributed by atoms with Crippen LogP contribution in [0, 0.1) is 22.2 Å². The number of likely N-dealkylation sites (tertiary alicyclic amines) is 1. The maximum Gasteiger partial charge on any atom is 0.451 e. The first-order valence-electron chi connectivity index (χ1n) is 11.7. The Labute approximate surface area is 227 Å². The Morgan fingerprint density at radius 2 is 2.11 bits per heavy atom. The van der Waals surface area contributed by atoms with Crippen molar-refractivity contribution < 1.29 is 26.8 Å². The Bertz CT molecular complexity index is 1490. The van der Waals surface area contributed by atoms with Gasteiger partial charge in [-0.25, -0.2) is 24.1 Å². The zero-order valence-electron chi connectivity index (χ0n) is 20.0. The number of hydrogen-bond acceptors (Lipinski definition) is 6. The topological polar surface area (TPSA) is 112 Å². The van der Waals surface area contributed by atoms with E-state index >= 15 is 0 Å². The maximum atomic E-state index is 14.5. The van der Waals surface area contributed by atoms with E-state index in [-0.39, 0.29) is 24.0 Å². The molecule has 1 aliphatic heterocycles. The van der Waals surface area contributed by atoms with E-state index in [4.69, 9.17) is 4.42 Å². The van der Waals surface area contributed by atoms with E-state index < -0.39 is 29.5 Å². The molecule has 0 radical (unpaired) electrons. The van der Waals surface area contributed by atoms with E-state index in [9.17, 15) is 22.4 Å². The normalized spacial score (nSPS) is 16.2. The number of urea groups is 1. The molecule has 0 saturated carbocycles. The quantitative estimate of drug-likeness (QED) is 0.181. The van der Waals surface area contributed by atoms with Gasteiger partial charge < -0.3 is 24.9 Å². The van der Waals surface area contributed by atoms with E-state index in [1.165, 1.54) is 11.8 Å². The van der Waals surface area contributed by atoms with Gasteiger partial charge in [-0.15, -0.1) is 0 Å². The van der Waals surface area contributed by atoms with Crippen molar-refractivity contribution in [1.82, 2.24) is 24.8 Å². The standard InChI is InChI=1S/C24H22F4IN7O2/c1-12-5-18(19(38-12)24(26,27)28)34-23(37)36-4-2-3-13(11-36)7-30-22-17(25)10-33-21(35-22)16-9-32-20-15(16)6-14(29)8-31-20/h5-6,8-10,13H,2-4,7,11H2,1H3,(H,31,32)(H,34,37)(H,30,33,35). The highest BCUT2D eigenvalue weighted by atomic mass is 127. The fraction of sp³-hybridized carbons (Fsp3) is 0.333. The second-order valence-corrected chi connectivity index (χ2v) is 10.3. The van der Waals surface area contributed by atoms with Crippen molar-refractivity contribution in [3.05, 3.63) is 51.6 Å². The molecule has 3 N–H and O–H groups in total. The summed E-state index contributed by atoms with van der Waals surface area (Å²) in [5, 5.41) is 6.14. The van der Waals surface area contributed by atoms with Crippen LogP contribution in [0.5, 0.6) is 0 Å². The SMILES string of the molecule is Cc1cc(NC(=O)N2CCCC(CNc3nc(-c4c[nH]c5ncc(I)cc45)ncc3F)C2)c(C(F)(F)F)o1. The molecule has 1 fully saturated rings. The van der Waals surface area contributed by atoms with Gasteiger partial charge in [0, 0.05) is 52.6 Å². The fourth-order valence-electron chi connectivity index (χ4n) is 4.45.